The van der Waals surface area contributed by atoms with Crippen LogP contribution in [0.5, 0.6) is 11.5 Å². The van der Waals surface area contributed by atoms with Crippen LogP contribution in [0.3, 0.4) is 0 Å². The van der Waals surface area contributed by atoms with Gasteiger partial charge in [-0.3, -0.25) is 0 Å². The zero-order chi connectivity index (χ0) is 14.5. The molecule has 102 valence electrons. The van der Waals surface area contributed by atoms with Crippen molar-refractivity contribution in [2.45, 2.75) is 6.61 Å². The Balaban J connectivity index is 2.15. The van der Waals surface area contributed by atoms with Gasteiger partial charge in [-0.2, -0.15) is 5.26 Å². The molecule has 0 aliphatic carbocycles. The van der Waals surface area contributed by atoms with Gasteiger partial charge in [0, 0.05) is 16.1 Å². The zero-order valence-corrected chi connectivity index (χ0v) is 13.0. The van der Waals surface area contributed by atoms with Crippen molar-refractivity contribution in [2.75, 3.05) is 7.11 Å². The van der Waals surface area contributed by atoms with Crippen LogP contribution < -0.4 is 9.47 Å². The van der Waals surface area contributed by atoms with E-state index in [1.807, 2.05) is 24.3 Å². The van der Waals surface area contributed by atoms with Gasteiger partial charge in [0.25, 0.3) is 0 Å². The second-order valence-electron chi connectivity index (χ2n) is 4.00. The van der Waals surface area contributed by atoms with Gasteiger partial charge in [-0.15, -0.1) is 0 Å². The molecule has 0 aliphatic rings. The van der Waals surface area contributed by atoms with Crippen LogP contribution in [0.25, 0.3) is 0 Å². The standard InChI is InChI=1S/C15H11BrClNO2/c1-19-15-5-3-12(16)6-11(15)9-20-13-4-2-10(8-18)14(17)7-13/h2-7H,9H2,1H3. The Morgan fingerprint density at radius 3 is 2.70 bits per heavy atom. The van der Waals surface area contributed by atoms with Crippen LogP contribution in [-0.4, -0.2) is 7.11 Å². The minimum atomic E-state index is 0.352. The first-order valence-electron chi connectivity index (χ1n) is 5.79. The summed E-state index contributed by atoms with van der Waals surface area (Å²) in [4.78, 5) is 0. The van der Waals surface area contributed by atoms with Crippen LogP contribution in [0.1, 0.15) is 11.1 Å². The molecule has 0 heterocycles. The van der Waals surface area contributed by atoms with Gasteiger partial charge < -0.3 is 9.47 Å². The number of rotatable bonds is 4. The first-order chi connectivity index (χ1) is 9.63. The highest BCUT2D eigenvalue weighted by atomic mass is 79.9. The smallest absolute Gasteiger partial charge is 0.125 e. The van der Waals surface area contributed by atoms with Gasteiger partial charge in [0.05, 0.1) is 17.7 Å². The Labute approximate surface area is 130 Å². The number of hydrogen-bond donors (Lipinski definition) is 0. The molecule has 0 N–H and O–H groups in total. The van der Waals surface area contributed by atoms with Crippen molar-refractivity contribution in [3.63, 3.8) is 0 Å². The molecule has 0 unspecified atom stereocenters. The van der Waals surface area contributed by atoms with Crippen molar-refractivity contribution in [1.82, 2.24) is 0 Å². The van der Waals surface area contributed by atoms with E-state index >= 15 is 0 Å². The molecule has 0 saturated carbocycles. The third kappa shape index (κ3) is 3.44. The summed E-state index contributed by atoms with van der Waals surface area (Å²) >= 11 is 9.37. The summed E-state index contributed by atoms with van der Waals surface area (Å²) in [6.07, 6.45) is 0. The average molecular weight is 353 g/mol. The lowest BCUT2D eigenvalue weighted by atomic mass is 10.2. The number of methoxy groups -OCH3 is 1. The van der Waals surface area contributed by atoms with Crippen molar-refractivity contribution >= 4 is 27.5 Å². The molecular formula is C15H11BrClNO2. The van der Waals surface area contributed by atoms with Gasteiger partial charge in [0.15, 0.2) is 0 Å². The third-order valence-corrected chi connectivity index (χ3v) is 3.50. The molecule has 5 heteroatoms. The monoisotopic (exact) mass is 351 g/mol. The van der Waals surface area contributed by atoms with E-state index in [1.54, 1.807) is 25.3 Å². The second-order valence-corrected chi connectivity index (χ2v) is 5.32. The predicted molar refractivity (Wildman–Crippen MR) is 81.2 cm³/mol. The highest BCUT2D eigenvalue weighted by molar-refractivity contribution is 9.10. The van der Waals surface area contributed by atoms with Gasteiger partial charge in [-0.05, 0) is 30.3 Å². The molecule has 0 bridgehead atoms. The fourth-order valence-electron chi connectivity index (χ4n) is 1.70. The number of nitrogens with zero attached hydrogens (tertiary/aromatic N) is 1. The minimum absolute atomic E-state index is 0.352. The maximum absolute atomic E-state index is 8.82. The van der Waals surface area contributed by atoms with Crippen molar-refractivity contribution < 1.29 is 9.47 Å². The molecule has 20 heavy (non-hydrogen) atoms. The van der Waals surface area contributed by atoms with Gasteiger partial charge >= 0.3 is 0 Å². The number of nitriles is 1. The van der Waals surface area contributed by atoms with Crippen LogP contribution in [0.4, 0.5) is 0 Å². The molecular weight excluding hydrogens is 342 g/mol. The number of halogens is 2. The summed E-state index contributed by atoms with van der Waals surface area (Å²) in [5, 5.41) is 9.20. The molecule has 0 saturated heterocycles. The molecule has 0 aliphatic heterocycles. The van der Waals surface area contributed by atoms with E-state index in [9.17, 15) is 0 Å². The van der Waals surface area contributed by atoms with Crippen molar-refractivity contribution in [1.29, 1.82) is 5.26 Å². The SMILES string of the molecule is COc1ccc(Br)cc1COc1ccc(C#N)c(Cl)c1. The summed E-state index contributed by atoms with van der Waals surface area (Å²) in [6, 6.07) is 12.7. The lowest BCUT2D eigenvalue weighted by molar-refractivity contribution is 0.296. The zero-order valence-electron chi connectivity index (χ0n) is 10.7. The van der Waals surface area contributed by atoms with Gasteiger partial charge in [-0.25, -0.2) is 0 Å². The fourth-order valence-corrected chi connectivity index (χ4v) is 2.32. The van der Waals surface area contributed by atoms with E-state index in [2.05, 4.69) is 15.9 Å². The van der Waals surface area contributed by atoms with Gasteiger partial charge in [-0.1, -0.05) is 27.5 Å². The Hall–Kier alpha value is -1.70. The molecule has 0 radical (unpaired) electrons. The van der Waals surface area contributed by atoms with E-state index in [-0.39, 0.29) is 0 Å². The first kappa shape index (κ1) is 14.7. The Morgan fingerprint density at radius 2 is 2.05 bits per heavy atom. The maximum Gasteiger partial charge on any atom is 0.125 e. The summed E-state index contributed by atoms with van der Waals surface area (Å²) in [5.41, 5.74) is 1.35. The Kier molecular flexibility index (Phi) is 4.89. The number of ether oxygens (including phenoxy) is 2. The number of benzene rings is 2. The fraction of sp³-hybridized carbons (Fsp3) is 0.133. The topological polar surface area (TPSA) is 42.2 Å². The van der Waals surface area contributed by atoms with E-state index < -0.39 is 0 Å². The molecule has 0 atom stereocenters. The molecule has 2 aromatic carbocycles. The predicted octanol–water partition coefficient (Wildman–Crippen LogP) is 4.56. The van der Waals surface area contributed by atoms with Crippen LogP contribution in [0.2, 0.25) is 5.02 Å². The molecule has 0 spiro atoms. The van der Waals surface area contributed by atoms with Crippen molar-refractivity contribution in [3.05, 3.63) is 57.0 Å². The second kappa shape index (κ2) is 6.65. The Morgan fingerprint density at radius 1 is 1.25 bits per heavy atom. The summed E-state index contributed by atoms with van der Waals surface area (Å²) < 4.78 is 11.9. The van der Waals surface area contributed by atoms with Crippen molar-refractivity contribution in [3.8, 4) is 17.6 Å². The van der Waals surface area contributed by atoms with E-state index in [4.69, 9.17) is 26.3 Å². The third-order valence-electron chi connectivity index (χ3n) is 2.70. The minimum Gasteiger partial charge on any atom is -0.496 e. The largest absolute Gasteiger partial charge is 0.496 e. The van der Waals surface area contributed by atoms with Crippen molar-refractivity contribution in [2.24, 2.45) is 0 Å². The van der Waals surface area contributed by atoms with Crippen LogP contribution in [0.15, 0.2) is 40.9 Å². The molecule has 2 aromatic rings. The maximum atomic E-state index is 8.82. The summed E-state index contributed by atoms with van der Waals surface area (Å²) in [7, 11) is 1.62. The molecule has 0 amide bonds. The normalized spacial score (nSPS) is 9.90. The van der Waals surface area contributed by atoms with Crippen LogP contribution >= 0.6 is 27.5 Å². The highest BCUT2D eigenvalue weighted by Gasteiger charge is 2.06. The summed E-state index contributed by atoms with van der Waals surface area (Å²) in [5.74, 6) is 1.36. The lowest BCUT2D eigenvalue weighted by Gasteiger charge is -2.11. The van der Waals surface area contributed by atoms with E-state index in [0.717, 1.165) is 15.8 Å². The molecule has 3 nitrogen and oxygen atoms in total. The molecule has 0 aromatic heterocycles. The first-order valence-corrected chi connectivity index (χ1v) is 6.96. The van der Waals surface area contributed by atoms with Gasteiger partial charge in [0.2, 0.25) is 0 Å². The number of hydrogen-bond acceptors (Lipinski definition) is 3. The highest BCUT2D eigenvalue weighted by Crippen LogP contribution is 2.26. The van der Waals surface area contributed by atoms with Crippen LogP contribution in [-0.2, 0) is 6.61 Å². The molecule has 0 fully saturated rings. The Bertz CT molecular complexity index is 667. The molecule has 2 rings (SSSR count). The van der Waals surface area contributed by atoms with E-state index in [1.165, 1.54) is 0 Å². The quantitative estimate of drug-likeness (QED) is 0.810. The average Bonchev–Trinajstić information content (AvgIpc) is 2.45. The summed E-state index contributed by atoms with van der Waals surface area (Å²) in [6.45, 7) is 0.352. The van der Waals surface area contributed by atoms with Crippen LogP contribution in [0, 0.1) is 11.3 Å². The van der Waals surface area contributed by atoms with E-state index in [0.29, 0.717) is 22.9 Å². The lowest BCUT2D eigenvalue weighted by Crippen LogP contribution is -1.99. The van der Waals surface area contributed by atoms with Gasteiger partial charge in [0.1, 0.15) is 24.2 Å².